The summed E-state index contributed by atoms with van der Waals surface area (Å²) in [6.07, 6.45) is 10.1. The zero-order valence-electron chi connectivity index (χ0n) is 18.9. The summed E-state index contributed by atoms with van der Waals surface area (Å²) < 4.78 is 0.290. The zero-order valence-corrected chi connectivity index (χ0v) is 21.0. The fourth-order valence-electron chi connectivity index (χ4n) is 5.41. The zero-order chi connectivity index (χ0) is 20.8. The summed E-state index contributed by atoms with van der Waals surface area (Å²) >= 11 is -0.0000857. The van der Waals surface area contributed by atoms with Crippen LogP contribution in [-0.4, -0.2) is 63.1 Å². The first kappa shape index (κ1) is 23.5. The molecule has 0 aromatic carbocycles. The fraction of sp³-hybridized carbons (Fsp3) is 0.917. The average molecular weight is 518 g/mol. The van der Waals surface area contributed by atoms with Gasteiger partial charge in [-0.25, -0.2) is 0 Å². The molecule has 0 aromatic heterocycles. The SMILES string of the molecule is C[I-][C@H](C)C(=O)C1CCC(C(=O)N2CCC(CCN3CCC(C)CC3)CC2)CC1. The Morgan fingerprint density at radius 1 is 0.897 bits per heavy atom. The van der Waals surface area contributed by atoms with Crippen LogP contribution in [0.5, 0.6) is 0 Å². The first-order valence-corrected chi connectivity index (χ1v) is 15.4. The molecule has 2 aliphatic heterocycles. The number of ketones is 1. The Morgan fingerprint density at radius 2 is 1.48 bits per heavy atom. The predicted octanol–water partition coefficient (Wildman–Crippen LogP) is 0.830. The number of rotatable bonds is 7. The van der Waals surface area contributed by atoms with E-state index in [0.717, 1.165) is 50.6 Å². The number of alkyl halides is 2. The van der Waals surface area contributed by atoms with Crippen molar-refractivity contribution < 1.29 is 30.8 Å². The van der Waals surface area contributed by atoms with E-state index in [-0.39, 0.29) is 33.0 Å². The molecule has 2 saturated heterocycles. The first-order valence-electron chi connectivity index (χ1n) is 12.0. The van der Waals surface area contributed by atoms with Crippen molar-refractivity contribution in [2.24, 2.45) is 23.7 Å². The number of hydrogen-bond donors (Lipinski definition) is 0. The van der Waals surface area contributed by atoms with E-state index in [4.69, 9.17) is 0 Å². The van der Waals surface area contributed by atoms with E-state index in [2.05, 4.69) is 28.6 Å². The predicted molar refractivity (Wildman–Crippen MR) is 115 cm³/mol. The Hall–Kier alpha value is -0.170. The molecular formula is C24H42IN2O2-. The maximum absolute atomic E-state index is 13.0. The van der Waals surface area contributed by atoms with Gasteiger partial charge in [-0.1, -0.05) is 6.92 Å². The first-order chi connectivity index (χ1) is 14.0. The number of Topliss-reactive ketones (excluding diaryl/α,β-unsaturated/α-hetero) is 1. The number of piperidine rings is 2. The van der Waals surface area contributed by atoms with Crippen molar-refractivity contribution >= 4 is 11.7 Å². The van der Waals surface area contributed by atoms with Crippen molar-refractivity contribution in [3.63, 3.8) is 0 Å². The summed E-state index contributed by atoms with van der Waals surface area (Å²) in [5.41, 5.74) is 0. The Morgan fingerprint density at radius 3 is 2.07 bits per heavy atom. The van der Waals surface area contributed by atoms with Crippen LogP contribution in [0.1, 0.15) is 71.6 Å². The van der Waals surface area contributed by atoms with E-state index in [0.29, 0.717) is 15.6 Å². The number of nitrogens with zero attached hydrogens (tertiary/aromatic N) is 2. The van der Waals surface area contributed by atoms with Crippen LogP contribution in [-0.2, 0) is 9.59 Å². The van der Waals surface area contributed by atoms with Gasteiger partial charge in [0.05, 0.1) is 0 Å². The Labute approximate surface area is 188 Å². The van der Waals surface area contributed by atoms with E-state index in [1.165, 1.54) is 51.7 Å². The van der Waals surface area contributed by atoms with Gasteiger partial charge in [-0.15, -0.1) is 0 Å². The van der Waals surface area contributed by atoms with Crippen molar-refractivity contribution in [3.8, 4) is 0 Å². The molecule has 3 aliphatic rings. The summed E-state index contributed by atoms with van der Waals surface area (Å²) in [5.74, 6) is 2.98. The Kier molecular flexibility index (Phi) is 9.27. The molecule has 5 heteroatoms. The second-order valence-corrected chi connectivity index (χ2v) is 13.0. The van der Waals surface area contributed by atoms with Crippen LogP contribution >= 0.6 is 0 Å². The van der Waals surface area contributed by atoms with Crippen LogP contribution in [0.25, 0.3) is 0 Å². The molecule has 168 valence electrons. The second-order valence-electron chi connectivity index (χ2n) is 9.87. The average Bonchev–Trinajstić information content (AvgIpc) is 2.77. The second kappa shape index (κ2) is 11.4. The topological polar surface area (TPSA) is 40.6 Å². The molecule has 3 fully saturated rings. The fourth-order valence-corrected chi connectivity index (χ4v) is 6.53. The third kappa shape index (κ3) is 6.65. The van der Waals surface area contributed by atoms with E-state index in [9.17, 15) is 9.59 Å². The quantitative estimate of drug-likeness (QED) is 0.371. The minimum atomic E-state index is -0.0000857. The van der Waals surface area contributed by atoms with Crippen molar-refractivity contribution in [2.75, 3.05) is 37.7 Å². The van der Waals surface area contributed by atoms with Gasteiger partial charge < -0.3 is 4.90 Å². The van der Waals surface area contributed by atoms with Gasteiger partial charge in [0.2, 0.25) is 0 Å². The van der Waals surface area contributed by atoms with Crippen LogP contribution in [0.4, 0.5) is 0 Å². The van der Waals surface area contributed by atoms with E-state index in [1.807, 2.05) is 0 Å². The molecule has 0 N–H and O–H groups in total. The molecule has 0 spiro atoms. The van der Waals surface area contributed by atoms with E-state index >= 15 is 0 Å². The normalized spacial score (nSPS) is 29.1. The molecule has 29 heavy (non-hydrogen) atoms. The van der Waals surface area contributed by atoms with Gasteiger partial charge in [0.25, 0.3) is 0 Å². The van der Waals surface area contributed by atoms with Gasteiger partial charge in [-0.05, 0) is 38.4 Å². The molecule has 0 bridgehead atoms. The third-order valence-corrected chi connectivity index (χ3v) is 10.3. The number of carbonyl (C=O) groups excluding carboxylic acids is 2. The van der Waals surface area contributed by atoms with Crippen LogP contribution in [0.3, 0.4) is 0 Å². The number of amides is 1. The van der Waals surface area contributed by atoms with Crippen molar-refractivity contribution in [1.82, 2.24) is 9.80 Å². The molecule has 0 aromatic rings. The minimum absolute atomic E-state index is 0.0000857. The molecule has 3 rings (SSSR count). The van der Waals surface area contributed by atoms with Gasteiger partial charge in [-0.3, -0.25) is 0 Å². The molecule has 0 unspecified atom stereocenters. The van der Waals surface area contributed by atoms with Crippen LogP contribution in [0.15, 0.2) is 0 Å². The number of likely N-dealkylation sites (tertiary alicyclic amines) is 2. The molecule has 1 atom stereocenters. The van der Waals surface area contributed by atoms with E-state index < -0.39 is 0 Å². The molecule has 1 saturated carbocycles. The van der Waals surface area contributed by atoms with Crippen molar-refractivity contribution in [1.29, 1.82) is 0 Å². The maximum atomic E-state index is 13.0. The van der Waals surface area contributed by atoms with E-state index in [1.54, 1.807) is 0 Å². The molecule has 1 aliphatic carbocycles. The molecule has 2 heterocycles. The van der Waals surface area contributed by atoms with Gasteiger partial charge in [-0.2, -0.15) is 0 Å². The van der Waals surface area contributed by atoms with Crippen molar-refractivity contribution in [3.05, 3.63) is 0 Å². The van der Waals surface area contributed by atoms with Gasteiger partial charge in [0.1, 0.15) is 0 Å². The monoisotopic (exact) mass is 517 g/mol. The molecule has 4 nitrogen and oxygen atoms in total. The summed E-state index contributed by atoms with van der Waals surface area (Å²) in [5, 5.41) is 0. The standard InChI is InChI=1S/C24H42IN2O2/c1-18-8-13-26(14-9-18)15-10-20-11-16-27(17-12-20)24(29)22-6-4-21(5-7-22)23(28)19(2)25-3/h18-22H,4-17H2,1-3H3/q-1/t19-,21?,22?/m1/s1. The van der Waals surface area contributed by atoms with Gasteiger partial charge >= 0.3 is 139 Å². The Bertz CT molecular complexity index is 531. The number of halogens is 1. The summed E-state index contributed by atoms with van der Waals surface area (Å²) in [7, 11) is 0. The number of hydrogen-bond acceptors (Lipinski definition) is 3. The Balaban J connectivity index is 1.34. The van der Waals surface area contributed by atoms with Gasteiger partial charge in [0, 0.05) is 0 Å². The molecule has 0 radical (unpaired) electrons. The van der Waals surface area contributed by atoms with Crippen LogP contribution < -0.4 is 21.2 Å². The molecular weight excluding hydrogens is 475 g/mol. The number of carbonyl (C=O) groups is 2. The molecule has 1 amide bonds. The van der Waals surface area contributed by atoms with Crippen molar-refractivity contribution in [2.45, 2.75) is 75.6 Å². The van der Waals surface area contributed by atoms with Gasteiger partial charge in [0.15, 0.2) is 0 Å². The summed E-state index contributed by atoms with van der Waals surface area (Å²) in [6.45, 7) is 10.2. The summed E-state index contributed by atoms with van der Waals surface area (Å²) in [4.78, 5) is 32.5. The summed E-state index contributed by atoms with van der Waals surface area (Å²) in [6, 6.07) is 0. The van der Waals surface area contributed by atoms with Crippen LogP contribution in [0, 0.1) is 23.7 Å². The van der Waals surface area contributed by atoms with Crippen LogP contribution in [0.2, 0.25) is 0 Å². The third-order valence-electron chi connectivity index (χ3n) is 7.85.